The average molecular weight is 321 g/mol. The fourth-order valence-electron chi connectivity index (χ4n) is 2.47. The summed E-state index contributed by atoms with van der Waals surface area (Å²) in [7, 11) is 1.59. The molecular weight excluding hydrogens is 309 g/mol. The maximum atomic E-state index is 13.8. The van der Waals surface area contributed by atoms with Crippen LogP contribution in [-0.4, -0.2) is 22.3 Å². The van der Waals surface area contributed by atoms with E-state index in [2.05, 4.69) is 15.2 Å². The minimum Gasteiger partial charge on any atom is -0.494 e. The van der Waals surface area contributed by atoms with Crippen molar-refractivity contribution in [1.82, 2.24) is 15.2 Å². The van der Waals surface area contributed by atoms with Crippen LogP contribution < -0.4 is 4.74 Å². The molecule has 2 heterocycles. The number of aromatic nitrogens is 3. The lowest BCUT2D eigenvalue weighted by molar-refractivity contribution is 0.419. The molecule has 0 unspecified atom stereocenters. The average Bonchev–Trinajstić information content (AvgIpc) is 3.11. The Morgan fingerprint density at radius 3 is 2.58 bits per heavy atom. The summed E-state index contributed by atoms with van der Waals surface area (Å²) < 4.78 is 24.8. The molecule has 4 aromatic rings. The largest absolute Gasteiger partial charge is 0.494 e. The molecule has 0 aliphatic carbocycles. The first kappa shape index (κ1) is 14.3. The van der Waals surface area contributed by atoms with Crippen LogP contribution in [-0.2, 0) is 0 Å². The summed E-state index contributed by atoms with van der Waals surface area (Å²) in [6.07, 6.45) is 0. The summed E-state index contributed by atoms with van der Waals surface area (Å²) >= 11 is 0. The van der Waals surface area contributed by atoms with Gasteiger partial charge in [0.1, 0.15) is 22.8 Å². The van der Waals surface area contributed by atoms with Crippen LogP contribution >= 0.6 is 0 Å². The number of nitrogens with zero attached hydrogens (tertiary/aromatic N) is 3. The van der Waals surface area contributed by atoms with Crippen molar-refractivity contribution < 1.29 is 13.5 Å². The zero-order chi connectivity index (χ0) is 16.5. The minimum atomic E-state index is -0.416. The number of rotatable bonds is 3. The van der Waals surface area contributed by atoms with E-state index < -0.39 is 5.82 Å². The van der Waals surface area contributed by atoms with Crippen LogP contribution in [0.25, 0.3) is 33.9 Å². The number of methoxy groups -OCH3 is 1. The molecule has 24 heavy (non-hydrogen) atoms. The number of hydrogen-bond donors (Lipinski definition) is 0. The number of pyridine rings is 1. The molecular formula is C18H12FN3O2. The topological polar surface area (TPSA) is 61.0 Å². The van der Waals surface area contributed by atoms with Gasteiger partial charge in [0.2, 0.25) is 0 Å². The van der Waals surface area contributed by atoms with Crippen LogP contribution in [0.15, 0.2) is 59.0 Å². The van der Waals surface area contributed by atoms with E-state index in [0.29, 0.717) is 17.0 Å². The normalized spacial score (nSPS) is 10.9. The van der Waals surface area contributed by atoms with Gasteiger partial charge in [-0.15, -0.1) is 10.2 Å². The summed E-state index contributed by atoms with van der Waals surface area (Å²) in [6, 6.07) is 15.6. The Morgan fingerprint density at radius 1 is 0.917 bits per heavy atom. The highest BCUT2D eigenvalue weighted by Crippen LogP contribution is 2.28. The lowest BCUT2D eigenvalue weighted by Crippen LogP contribution is -1.90. The molecule has 2 aromatic heterocycles. The predicted octanol–water partition coefficient (Wildman–Crippen LogP) is 4.10. The molecule has 0 N–H and O–H groups in total. The first-order valence-corrected chi connectivity index (χ1v) is 7.29. The van der Waals surface area contributed by atoms with E-state index >= 15 is 0 Å². The van der Waals surface area contributed by atoms with Gasteiger partial charge in [-0.3, -0.25) is 0 Å². The lowest BCUT2D eigenvalue weighted by Gasteiger charge is -2.04. The van der Waals surface area contributed by atoms with Crippen LogP contribution in [0.4, 0.5) is 4.39 Å². The van der Waals surface area contributed by atoms with E-state index in [9.17, 15) is 4.39 Å². The van der Waals surface area contributed by atoms with Gasteiger partial charge in [0.05, 0.1) is 12.7 Å². The summed E-state index contributed by atoms with van der Waals surface area (Å²) in [5.41, 5.74) is 1.46. The van der Waals surface area contributed by atoms with Crippen molar-refractivity contribution in [2.24, 2.45) is 0 Å². The van der Waals surface area contributed by atoms with Crippen LogP contribution in [0.3, 0.4) is 0 Å². The standard InChI is InChI=1S/C18H12FN3O2/c1-23-15-8-4-5-11-9-10-14(20-16(11)15)18-22-21-17(24-18)12-6-2-3-7-13(12)19/h2-10H,1H3. The third-order valence-electron chi connectivity index (χ3n) is 3.65. The van der Waals surface area contributed by atoms with Crippen molar-refractivity contribution in [1.29, 1.82) is 0 Å². The van der Waals surface area contributed by atoms with Crippen LogP contribution in [0.5, 0.6) is 5.75 Å². The molecule has 0 aliphatic heterocycles. The Balaban J connectivity index is 1.80. The fraction of sp³-hybridized carbons (Fsp3) is 0.0556. The van der Waals surface area contributed by atoms with Crippen LogP contribution in [0.2, 0.25) is 0 Å². The number of ether oxygens (including phenoxy) is 1. The van der Waals surface area contributed by atoms with Gasteiger partial charge in [-0.25, -0.2) is 9.37 Å². The second kappa shape index (κ2) is 5.73. The Morgan fingerprint density at radius 2 is 1.75 bits per heavy atom. The smallest absolute Gasteiger partial charge is 0.266 e. The highest BCUT2D eigenvalue weighted by molar-refractivity contribution is 5.86. The summed E-state index contributed by atoms with van der Waals surface area (Å²) in [6.45, 7) is 0. The van der Waals surface area contributed by atoms with Gasteiger partial charge in [0.15, 0.2) is 0 Å². The molecule has 4 rings (SSSR count). The molecule has 0 bridgehead atoms. The Bertz CT molecular complexity index is 1030. The molecule has 118 valence electrons. The van der Waals surface area contributed by atoms with Crippen LogP contribution in [0.1, 0.15) is 0 Å². The Kier molecular flexibility index (Phi) is 3.42. The maximum Gasteiger partial charge on any atom is 0.266 e. The molecule has 0 aliphatic rings. The van der Waals surface area contributed by atoms with E-state index in [1.54, 1.807) is 31.4 Å². The van der Waals surface area contributed by atoms with Crippen molar-refractivity contribution in [2.45, 2.75) is 0 Å². The summed E-state index contributed by atoms with van der Waals surface area (Å²) in [5.74, 6) is 0.579. The van der Waals surface area contributed by atoms with E-state index in [1.165, 1.54) is 6.07 Å². The van der Waals surface area contributed by atoms with E-state index in [4.69, 9.17) is 9.15 Å². The van der Waals surface area contributed by atoms with Crippen molar-refractivity contribution in [3.05, 3.63) is 60.4 Å². The summed E-state index contributed by atoms with van der Waals surface area (Å²) in [5, 5.41) is 8.83. The molecule has 0 spiro atoms. The quantitative estimate of drug-likeness (QED) is 0.568. The second-order valence-electron chi connectivity index (χ2n) is 5.12. The van der Waals surface area contributed by atoms with Gasteiger partial charge >= 0.3 is 0 Å². The summed E-state index contributed by atoms with van der Waals surface area (Å²) in [4.78, 5) is 4.53. The Hall–Kier alpha value is -3.28. The molecule has 0 radical (unpaired) electrons. The first-order chi connectivity index (χ1) is 11.8. The van der Waals surface area contributed by atoms with E-state index in [1.807, 2.05) is 24.3 Å². The predicted molar refractivity (Wildman–Crippen MR) is 87.0 cm³/mol. The van der Waals surface area contributed by atoms with Crippen molar-refractivity contribution in [3.8, 4) is 28.8 Å². The zero-order valence-corrected chi connectivity index (χ0v) is 12.7. The molecule has 0 saturated heterocycles. The van der Waals surface area contributed by atoms with E-state index in [-0.39, 0.29) is 17.3 Å². The molecule has 0 saturated carbocycles. The van der Waals surface area contributed by atoms with Crippen molar-refractivity contribution in [2.75, 3.05) is 7.11 Å². The fourth-order valence-corrected chi connectivity index (χ4v) is 2.47. The number of halogens is 1. The molecule has 0 amide bonds. The van der Waals surface area contributed by atoms with Crippen LogP contribution in [0, 0.1) is 5.82 Å². The lowest BCUT2D eigenvalue weighted by atomic mass is 10.2. The number of hydrogen-bond acceptors (Lipinski definition) is 5. The Labute approximate surface area is 136 Å². The van der Waals surface area contributed by atoms with Gasteiger partial charge in [-0.05, 0) is 24.3 Å². The highest BCUT2D eigenvalue weighted by Gasteiger charge is 2.15. The number of benzene rings is 2. The molecule has 0 fully saturated rings. The maximum absolute atomic E-state index is 13.8. The van der Waals surface area contributed by atoms with Gasteiger partial charge in [0.25, 0.3) is 11.8 Å². The molecule has 2 aromatic carbocycles. The minimum absolute atomic E-state index is 0.116. The third-order valence-corrected chi connectivity index (χ3v) is 3.65. The third kappa shape index (κ3) is 2.38. The van der Waals surface area contributed by atoms with Crippen molar-refractivity contribution >= 4 is 10.9 Å². The van der Waals surface area contributed by atoms with Gasteiger partial charge in [-0.2, -0.15) is 0 Å². The second-order valence-corrected chi connectivity index (χ2v) is 5.12. The molecule has 6 heteroatoms. The SMILES string of the molecule is COc1cccc2ccc(-c3nnc(-c4ccccc4F)o3)nc12. The van der Waals surface area contributed by atoms with Gasteiger partial charge in [-0.1, -0.05) is 30.3 Å². The monoisotopic (exact) mass is 321 g/mol. The zero-order valence-electron chi connectivity index (χ0n) is 12.7. The highest BCUT2D eigenvalue weighted by atomic mass is 19.1. The van der Waals surface area contributed by atoms with E-state index in [0.717, 1.165) is 5.39 Å². The molecule has 5 nitrogen and oxygen atoms in total. The van der Waals surface area contributed by atoms with Gasteiger partial charge in [0, 0.05) is 5.39 Å². The number of fused-ring (bicyclic) bond motifs is 1. The first-order valence-electron chi connectivity index (χ1n) is 7.29. The van der Waals surface area contributed by atoms with Gasteiger partial charge < -0.3 is 9.15 Å². The number of para-hydroxylation sites is 1. The van der Waals surface area contributed by atoms with Crippen molar-refractivity contribution in [3.63, 3.8) is 0 Å². The molecule has 0 atom stereocenters.